The van der Waals surface area contributed by atoms with Gasteiger partial charge in [0.05, 0.1) is 16.7 Å². The average Bonchev–Trinajstić information content (AvgIpc) is 3.86. The fraction of sp³-hybridized carbons (Fsp3) is 0.193. The third-order valence-corrected chi connectivity index (χ3v) is 14.6. The van der Waals surface area contributed by atoms with Gasteiger partial charge < -0.3 is 13.8 Å². The van der Waals surface area contributed by atoms with Crippen molar-refractivity contribution in [3.8, 4) is 27.9 Å². The van der Waals surface area contributed by atoms with Gasteiger partial charge >= 0.3 is 6.85 Å². The Morgan fingerprint density at radius 3 is 2.05 bits per heavy atom. The van der Waals surface area contributed by atoms with E-state index in [0.29, 0.717) is 0 Å². The predicted octanol–water partition coefficient (Wildman–Crippen LogP) is 14.0. The summed E-state index contributed by atoms with van der Waals surface area (Å²) in [5.41, 5.74) is 21.0. The molecule has 2 aromatic heterocycles. The lowest BCUT2D eigenvalue weighted by atomic mass is 9.43. The minimum Gasteiger partial charge on any atom is -0.454 e. The Hall–Kier alpha value is -6.52. The van der Waals surface area contributed by atoms with E-state index in [1.165, 1.54) is 99.4 Å². The van der Waals surface area contributed by atoms with E-state index in [0.717, 1.165) is 27.6 Å². The molecule has 0 N–H and O–H groups in total. The van der Waals surface area contributed by atoms with Gasteiger partial charge in [0.15, 0.2) is 5.58 Å². The van der Waals surface area contributed by atoms with E-state index >= 15 is 0 Å². The number of hydrogen-bond acceptors (Lipinski definition) is 2. The van der Waals surface area contributed by atoms with Crippen LogP contribution in [-0.2, 0) is 16.2 Å². The van der Waals surface area contributed by atoms with Gasteiger partial charge in [-0.25, -0.2) is 0 Å². The molecule has 10 aromatic rings. The van der Waals surface area contributed by atoms with E-state index in [1.807, 2.05) is 0 Å². The zero-order valence-corrected chi connectivity index (χ0v) is 36.2. The predicted molar refractivity (Wildman–Crippen MR) is 260 cm³/mol. The molecule has 4 heterocycles. The Morgan fingerprint density at radius 2 is 1.25 bits per heavy atom. The summed E-state index contributed by atoms with van der Waals surface area (Å²) in [5, 5.41) is 7.38. The second-order valence-electron chi connectivity index (χ2n) is 20.6. The molecule has 0 saturated heterocycles. The number of para-hydroxylation sites is 1. The number of hydrogen-bond donors (Lipinski definition) is 0. The highest BCUT2D eigenvalue weighted by atomic mass is 16.3. The SMILES string of the molecule is CC(C)(C)c1ccc2c(c1)c1cc(C(C)(C)C)cc3c1n2-c1c2c(cc4c1oc1ccccc14)-c1cc4ccccc4cc1N(c1ccc4c(c1)-c1ccccc1C4(C)C)B23. The van der Waals surface area contributed by atoms with E-state index < -0.39 is 0 Å². The van der Waals surface area contributed by atoms with Crippen molar-refractivity contribution < 1.29 is 4.42 Å². The van der Waals surface area contributed by atoms with E-state index in [1.54, 1.807) is 0 Å². The van der Waals surface area contributed by atoms with Gasteiger partial charge in [0, 0.05) is 43.9 Å². The molecule has 0 atom stereocenters. The zero-order chi connectivity index (χ0) is 41.5. The van der Waals surface area contributed by atoms with Gasteiger partial charge in [-0.1, -0.05) is 140 Å². The van der Waals surface area contributed by atoms with Crippen molar-refractivity contribution >= 4 is 83.7 Å². The van der Waals surface area contributed by atoms with Crippen molar-refractivity contribution in [3.63, 3.8) is 0 Å². The van der Waals surface area contributed by atoms with Crippen molar-refractivity contribution in [2.75, 3.05) is 4.81 Å². The Morgan fingerprint density at radius 1 is 0.541 bits per heavy atom. The molecular formula is C57H47BN2O. The van der Waals surface area contributed by atoms with Crippen LogP contribution in [0, 0.1) is 0 Å². The van der Waals surface area contributed by atoms with Crippen molar-refractivity contribution in [2.45, 2.75) is 71.6 Å². The van der Waals surface area contributed by atoms with Gasteiger partial charge in [0.25, 0.3) is 0 Å². The number of rotatable bonds is 1. The number of fused-ring (bicyclic) bond motifs is 15. The molecular weight excluding hydrogens is 739 g/mol. The van der Waals surface area contributed by atoms with E-state index in [2.05, 4.69) is 204 Å². The molecule has 0 amide bonds. The summed E-state index contributed by atoms with van der Waals surface area (Å²) in [6.45, 7) is 18.7. The summed E-state index contributed by atoms with van der Waals surface area (Å²) >= 11 is 0. The maximum Gasteiger partial charge on any atom is 0.333 e. The van der Waals surface area contributed by atoms with Gasteiger partial charge in [0.1, 0.15) is 5.58 Å². The first-order valence-corrected chi connectivity index (χ1v) is 22.0. The van der Waals surface area contributed by atoms with Crippen LogP contribution in [0.1, 0.15) is 77.6 Å². The number of aromatic nitrogens is 1. The summed E-state index contributed by atoms with van der Waals surface area (Å²) in [6, 6.07) is 53.4. The summed E-state index contributed by atoms with van der Waals surface area (Å²) in [7, 11) is 0. The molecule has 0 unspecified atom stereocenters. The van der Waals surface area contributed by atoms with Crippen LogP contribution in [0.25, 0.3) is 82.5 Å². The van der Waals surface area contributed by atoms with E-state index in [-0.39, 0.29) is 23.1 Å². The van der Waals surface area contributed by atoms with Crippen LogP contribution in [0.15, 0.2) is 144 Å². The van der Waals surface area contributed by atoms with Crippen molar-refractivity contribution in [1.29, 1.82) is 0 Å². The van der Waals surface area contributed by atoms with Gasteiger partial charge in [-0.15, -0.1) is 0 Å². The first-order valence-electron chi connectivity index (χ1n) is 22.0. The highest BCUT2D eigenvalue weighted by molar-refractivity contribution is 6.94. The molecule has 1 aliphatic carbocycles. The van der Waals surface area contributed by atoms with Gasteiger partial charge in [-0.2, -0.15) is 0 Å². The maximum absolute atomic E-state index is 7.13. The largest absolute Gasteiger partial charge is 0.454 e. The fourth-order valence-electron chi connectivity index (χ4n) is 11.4. The Kier molecular flexibility index (Phi) is 6.61. The number of benzene rings is 8. The Bertz CT molecular complexity index is 3600. The van der Waals surface area contributed by atoms with Crippen LogP contribution in [0.4, 0.5) is 11.4 Å². The van der Waals surface area contributed by atoms with Gasteiger partial charge in [-0.3, -0.25) is 0 Å². The van der Waals surface area contributed by atoms with Crippen molar-refractivity contribution in [2.24, 2.45) is 0 Å². The monoisotopic (exact) mass is 786 g/mol. The highest BCUT2D eigenvalue weighted by Crippen LogP contribution is 2.53. The van der Waals surface area contributed by atoms with Crippen molar-refractivity contribution in [1.82, 2.24) is 4.57 Å². The normalized spacial score (nSPS) is 15.0. The average molecular weight is 787 g/mol. The van der Waals surface area contributed by atoms with Crippen LogP contribution in [0.3, 0.4) is 0 Å². The summed E-state index contributed by atoms with van der Waals surface area (Å²) < 4.78 is 9.71. The first-order chi connectivity index (χ1) is 29.3. The molecule has 294 valence electrons. The highest BCUT2D eigenvalue weighted by Gasteiger charge is 2.47. The van der Waals surface area contributed by atoms with E-state index in [4.69, 9.17) is 4.42 Å². The van der Waals surface area contributed by atoms with Gasteiger partial charge in [0.2, 0.25) is 0 Å². The second kappa shape index (κ2) is 11.4. The molecule has 3 aliphatic rings. The van der Waals surface area contributed by atoms with Gasteiger partial charge in [-0.05, 0) is 126 Å². The lowest BCUT2D eigenvalue weighted by Gasteiger charge is -2.43. The molecule has 61 heavy (non-hydrogen) atoms. The lowest BCUT2D eigenvalue weighted by molar-refractivity contribution is 0.590. The van der Waals surface area contributed by atoms with Crippen LogP contribution in [0.2, 0.25) is 0 Å². The molecule has 13 rings (SSSR count). The standard InChI is InChI=1S/C57H47BN2O/c1-55(2,3)34-21-24-48-41(27-34)43-28-35(56(4,5)6)29-47-52(43)59(48)53-51-42(31-44-38-18-12-14-20-50(38)61-54(44)53)40-25-32-15-9-10-16-33(32)26-49(40)60(58(47)51)36-22-23-46-39(30-36)37-17-11-13-19-45(37)57(46,7)8/h9-31H,1-8H3. The summed E-state index contributed by atoms with van der Waals surface area (Å²) in [6.07, 6.45) is 0. The molecule has 8 aromatic carbocycles. The quantitative estimate of drug-likeness (QED) is 0.155. The Balaban J connectivity index is 1.24. The van der Waals surface area contributed by atoms with Crippen LogP contribution in [0.5, 0.6) is 0 Å². The smallest absolute Gasteiger partial charge is 0.333 e. The molecule has 4 heteroatoms. The van der Waals surface area contributed by atoms with E-state index in [9.17, 15) is 0 Å². The van der Waals surface area contributed by atoms with Crippen LogP contribution < -0.4 is 15.7 Å². The Labute approximate surface area is 357 Å². The maximum atomic E-state index is 7.13. The molecule has 0 fully saturated rings. The van der Waals surface area contributed by atoms with Crippen LogP contribution >= 0.6 is 0 Å². The summed E-state index contributed by atoms with van der Waals surface area (Å²) in [5.74, 6) is 0. The second-order valence-corrected chi connectivity index (χ2v) is 20.6. The lowest BCUT2D eigenvalue weighted by Crippen LogP contribution is -2.60. The molecule has 0 bridgehead atoms. The number of anilines is 2. The first kappa shape index (κ1) is 35.3. The molecule has 0 saturated carbocycles. The summed E-state index contributed by atoms with van der Waals surface area (Å²) in [4.78, 5) is 2.69. The minimum absolute atomic E-state index is 0.00298. The number of nitrogens with zero attached hydrogens (tertiary/aromatic N) is 2. The number of furan rings is 1. The third-order valence-electron chi connectivity index (χ3n) is 14.6. The minimum atomic E-state index is -0.136. The third kappa shape index (κ3) is 4.55. The van der Waals surface area contributed by atoms with Crippen molar-refractivity contribution in [3.05, 3.63) is 162 Å². The fourth-order valence-corrected chi connectivity index (χ4v) is 11.4. The topological polar surface area (TPSA) is 21.3 Å². The molecule has 0 radical (unpaired) electrons. The zero-order valence-electron chi connectivity index (χ0n) is 36.2. The molecule has 3 nitrogen and oxygen atoms in total. The molecule has 2 aliphatic heterocycles. The van der Waals surface area contributed by atoms with Crippen LogP contribution in [-0.4, -0.2) is 11.4 Å². The molecule has 0 spiro atoms.